The molecule has 0 aliphatic carbocycles. The van der Waals surface area contributed by atoms with E-state index in [9.17, 15) is 12.8 Å². The lowest BCUT2D eigenvalue weighted by Crippen LogP contribution is -2.11. The fraction of sp³-hybridized carbons (Fsp3) is 0.417. The molecule has 1 aromatic rings. The van der Waals surface area contributed by atoms with Gasteiger partial charge in [0, 0.05) is 17.4 Å². The summed E-state index contributed by atoms with van der Waals surface area (Å²) in [6.45, 7) is -0.0460. The third-order valence-corrected chi connectivity index (χ3v) is 4.48. The van der Waals surface area contributed by atoms with Gasteiger partial charge in [-0.25, -0.2) is 17.8 Å². The average molecular weight is 340 g/mol. The molecule has 0 unspecified atom stereocenters. The molecular weight excluding hydrogens is 328 g/mol. The maximum atomic E-state index is 13.1. The predicted molar refractivity (Wildman–Crippen MR) is 76.2 cm³/mol. The Hall–Kier alpha value is -0.850. The number of sulfone groups is 1. The second-order valence-corrected chi connectivity index (χ2v) is 7.37. The van der Waals surface area contributed by atoms with Crippen LogP contribution in [0.1, 0.15) is 21.5 Å². The van der Waals surface area contributed by atoms with E-state index in [2.05, 4.69) is 4.99 Å². The van der Waals surface area contributed by atoms with Gasteiger partial charge in [-0.05, 0) is 17.7 Å². The minimum Gasteiger partial charge on any atom is -0.475 e. The number of nitrogens with zero attached hydrogens (tertiary/aromatic N) is 1. The second-order valence-electron chi connectivity index (χ2n) is 4.29. The van der Waals surface area contributed by atoms with E-state index in [-0.39, 0.29) is 16.4 Å². The van der Waals surface area contributed by atoms with Gasteiger partial charge in [0.2, 0.25) is 5.90 Å². The first-order valence-corrected chi connectivity index (χ1v) is 8.49. The van der Waals surface area contributed by atoms with Crippen LogP contribution in [0.25, 0.3) is 0 Å². The number of benzene rings is 1. The highest BCUT2D eigenvalue weighted by Gasteiger charge is 2.24. The summed E-state index contributed by atoms with van der Waals surface area (Å²) in [6, 6.07) is 2.67. The number of rotatable bonds is 4. The van der Waals surface area contributed by atoms with E-state index in [1.54, 1.807) is 0 Å². The minimum atomic E-state index is -3.58. The summed E-state index contributed by atoms with van der Waals surface area (Å²) in [4.78, 5) is 3.08. The Bertz CT molecular complexity index is 659. The molecule has 20 heavy (non-hydrogen) atoms. The molecule has 2 rings (SSSR count). The van der Waals surface area contributed by atoms with Crippen molar-refractivity contribution in [2.75, 3.05) is 19.4 Å². The Morgan fingerprint density at radius 2 is 2.15 bits per heavy atom. The summed E-state index contributed by atoms with van der Waals surface area (Å²) in [5.74, 6) is 0.279. The van der Waals surface area contributed by atoms with Gasteiger partial charge in [-0.15, -0.1) is 23.2 Å². The number of hydrogen-bond acceptors (Lipinski definition) is 4. The Morgan fingerprint density at radius 3 is 2.60 bits per heavy atom. The fourth-order valence-electron chi connectivity index (χ4n) is 1.96. The molecule has 0 atom stereocenters. The lowest BCUT2D eigenvalue weighted by Gasteiger charge is -2.14. The van der Waals surface area contributed by atoms with Crippen molar-refractivity contribution < 1.29 is 17.5 Å². The van der Waals surface area contributed by atoms with Gasteiger partial charge >= 0.3 is 0 Å². The summed E-state index contributed by atoms with van der Waals surface area (Å²) >= 11 is 11.7. The molecule has 0 radical (unpaired) electrons. The highest BCUT2D eigenvalue weighted by atomic mass is 35.5. The zero-order valence-corrected chi connectivity index (χ0v) is 12.9. The summed E-state index contributed by atoms with van der Waals surface area (Å²) in [6.07, 6.45) is 1.02. The van der Waals surface area contributed by atoms with E-state index in [1.807, 2.05) is 0 Å². The van der Waals surface area contributed by atoms with Crippen LogP contribution in [0.5, 0.6) is 0 Å². The Balaban J connectivity index is 2.70. The molecule has 0 amide bonds. The van der Waals surface area contributed by atoms with Crippen molar-refractivity contribution >= 4 is 38.9 Å². The van der Waals surface area contributed by atoms with Gasteiger partial charge in [-0.1, -0.05) is 0 Å². The van der Waals surface area contributed by atoms with Gasteiger partial charge in [0.25, 0.3) is 0 Å². The molecule has 1 aliphatic heterocycles. The number of halogens is 3. The first-order valence-electron chi connectivity index (χ1n) is 5.73. The van der Waals surface area contributed by atoms with Crippen molar-refractivity contribution in [1.29, 1.82) is 0 Å². The third kappa shape index (κ3) is 3.07. The molecule has 1 heterocycles. The molecule has 4 nitrogen and oxygen atoms in total. The van der Waals surface area contributed by atoms with Gasteiger partial charge in [0.15, 0.2) is 9.84 Å². The zero-order chi connectivity index (χ0) is 14.9. The second kappa shape index (κ2) is 5.87. The van der Waals surface area contributed by atoms with Crippen molar-refractivity contribution in [3.05, 3.63) is 28.8 Å². The number of ether oxygens (including phenoxy) is 1. The van der Waals surface area contributed by atoms with Crippen molar-refractivity contribution in [2.45, 2.75) is 16.4 Å². The fourth-order valence-corrected chi connectivity index (χ4v) is 3.24. The van der Waals surface area contributed by atoms with Crippen LogP contribution >= 0.6 is 23.2 Å². The van der Waals surface area contributed by atoms with Gasteiger partial charge < -0.3 is 4.74 Å². The first kappa shape index (κ1) is 15.5. The minimum absolute atomic E-state index is 0.0242. The molecule has 110 valence electrons. The average Bonchev–Trinajstić information content (AvgIpc) is 2.89. The van der Waals surface area contributed by atoms with Crippen molar-refractivity contribution in [1.82, 2.24) is 0 Å². The van der Waals surface area contributed by atoms with Crippen molar-refractivity contribution in [3.8, 4) is 0 Å². The van der Waals surface area contributed by atoms with Crippen LogP contribution in [-0.4, -0.2) is 33.7 Å². The molecule has 8 heteroatoms. The molecule has 0 bridgehead atoms. The van der Waals surface area contributed by atoms with Crippen LogP contribution < -0.4 is 0 Å². The zero-order valence-electron chi connectivity index (χ0n) is 10.6. The smallest absolute Gasteiger partial charge is 0.216 e. The third-order valence-electron chi connectivity index (χ3n) is 2.83. The summed E-state index contributed by atoms with van der Waals surface area (Å²) < 4.78 is 41.9. The summed E-state index contributed by atoms with van der Waals surface area (Å²) in [5, 5.41) is 0. The topological polar surface area (TPSA) is 55.7 Å². The molecule has 0 spiro atoms. The first-order chi connectivity index (χ1) is 9.34. The van der Waals surface area contributed by atoms with E-state index in [0.29, 0.717) is 24.3 Å². The van der Waals surface area contributed by atoms with E-state index in [1.165, 1.54) is 12.1 Å². The molecule has 0 saturated heterocycles. The number of hydrogen-bond donors (Lipinski definition) is 0. The van der Waals surface area contributed by atoms with Crippen LogP contribution in [0, 0.1) is 0 Å². The summed E-state index contributed by atoms with van der Waals surface area (Å²) in [7, 11) is -3.58. The van der Waals surface area contributed by atoms with Crippen LogP contribution in [0.3, 0.4) is 0 Å². The lowest BCUT2D eigenvalue weighted by atomic mass is 10.0. The Kier molecular flexibility index (Phi) is 4.56. The van der Waals surface area contributed by atoms with Crippen LogP contribution in [-0.2, 0) is 21.2 Å². The molecule has 0 fully saturated rings. The van der Waals surface area contributed by atoms with E-state index < -0.39 is 21.3 Å². The van der Waals surface area contributed by atoms with E-state index in [4.69, 9.17) is 27.9 Å². The van der Waals surface area contributed by atoms with Crippen LogP contribution in [0.15, 0.2) is 22.0 Å². The van der Waals surface area contributed by atoms with Crippen LogP contribution in [0.4, 0.5) is 4.39 Å². The highest BCUT2D eigenvalue weighted by Crippen LogP contribution is 2.33. The van der Waals surface area contributed by atoms with Crippen LogP contribution in [0.2, 0.25) is 0 Å². The van der Waals surface area contributed by atoms with Gasteiger partial charge in [-0.3, -0.25) is 0 Å². The molecular formula is C12H12Cl2FNO3S. The molecule has 1 aliphatic rings. The highest BCUT2D eigenvalue weighted by molar-refractivity contribution is 7.90. The molecule has 0 saturated carbocycles. The summed E-state index contributed by atoms with van der Waals surface area (Å²) in [5.41, 5.74) is 0.792. The van der Waals surface area contributed by atoms with Gasteiger partial charge in [0.1, 0.15) is 18.1 Å². The Morgan fingerprint density at radius 1 is 1.45 bits per heavy atom. The maximum Gasteiger partial charge on any atom is 0.216 e. The van der Waals surface area contributed by atoms with E-state index >= 15 is 0 Å². The van der Waals surface area contributed by atoms with Crippen molar-refractivity contribution in [2.24, 2.45) is 4.99 Å². The largest absolute Gasteiger partial charge is 0.475 e. The maximum absolute atomic E-state index is 13.1. The molecule has 0 N–H and O–H groups in total. The van der Waals surface area contributed by atoms with Gasteiger partial charge in [0.05, 0.1) is 11.4 Å². The Labute approximate surface area is 126 Å². The normalized spacial score (nSPS) is 15.3. The van der Waals surface area contributed by atoms with Gasteiger partial charge in [-0.2, -0.15) is 0 Å². The monoisotopic (exact) mass is 339 g/mol. The van der Waals surface area contributed by atoms with Crippen molar-refractivity contribution in [3.63, 3.8) is 0 Å². The molecule has 0 aromatic heterocycles. The lowest BCUT2D eigenvalue weighted by molar-refractivity contribution is 0.348. The predicted octanol–water partition coefficient (Wildman–Crippen LogP) is 2.81. The SMILES string of the molecule is CS(=O)(=O)c1cc(C2=NCCO2)c(C(Cl)Cl)cc1CF. The molecule has 1 aromatic carbocycles. The number of aliphatic imine (C=N–C) groups is 1. The number of alkyl halides is 3. The van der Waals surface area contributed by atoms with E-state index in [0.717, 1.165) is 6.26 Å². The quantitative estimate of drug-likeness (QED) is 0.792. The standard InChI is InChI=1S/C12H12Cl2FNO3S/c1-20(17,18)10-5-9(12-16-2-3-19-12)8(11(13)14)4-7(10)6-15/h4-5,11H,2-3,6H2,1H3.